The van der Waals surface area contributed by atoms with Crippen molar-refractivity contribution in [2.45, 2.75) is 77.7 Å². The molecule has 2 fully saturated rings. The Morgan fingerprint density at radius 1 is 0.629 bits per heavy atom. The molecular weight excluding hydrogens is 826 g/mol. The SMILES string of the molecule is Cc1nc(C[C@@H]2CO[C@@H](COc3cc(F)c(F)c(F)c3)C2)nc2c1NC(=O)[C@H](C)N2C.Cc1nc(C[C@H]2CO[C@H](COc3cc(F)c(F)c(F)c3)C2)nc2c1NC(=O)[C@H](C)N2C. The van der Waals surface area contributed by atoms with Gasteiger partial charge in [-0.05, 0) is 52.4 Å². The summed E-state index contributed by atoms with van der Waals surface area (Å²) in [6, 6.07) is 2.59. The van der Waals surface area contributed by atoms with E-state index in [2.05, 4.69) is 30.6 Å². The maximum absolute atomic E-state index is 13.3. The molecule has 332 valence electrons. The van der Waals surface area contributed by atoms with Gasteiger partial charge < -0.3 is 39.4 Å². The Bertz CT molecular complexity index is 2150. The van der Waals surface area contributed by atoms with Gasteiger partial charge in [0, 0.05) is 51.2 Å². The number of aromatic nitrogens is 4. The van der Waals surface area contributed by atoms with Crippen molar-refractivity contribution >= 4 is 34.8 Å². The summed E-state index contributed by atoms with van der Waals surface area (Å²) in [6.45, 7) is 8.42. The molecule has 0 saturated carbocycles. The topological polar surface area (TPSA) is 153 Å². The number of amides is 2. The molecule has 6 heterocycles. The van der Waals surface area contributed by atoms with Gasteiger partial charge in [-0.1, -0.05) is 0 Å². The fraction of sp³-hybridized carbons (Fsp3) is 0.476. The maximum atomic E-state index is 13.3. The molecule has 0 radical (unpaired) electrons. The molecular formula is C42H46F6N8O6. The van der Waals surface area contributed by atoms with Gasteiger partial charge in [0.15, 0.2) is 46.5 Å². The largest absolute Gasteiger partial charge is 0.491 e. The zero-order valence-corrected chi connectivity index (χ0v) is 34.8. The van der Waals surface area contributed by atoms with E-state index >= 15 is 0 Å². The van der Waals surface area contributed by atoms with Crippen LogP contribution in [-0.2, 0) is 31.9 Å². The first kappa shape index (κ1) is 44.3. The number of likely N-dealkylation sites (N-methyl/N-ethyl adjacent to an activating group) is 2. The highest BCUT2D eigenvalue weighted by molar-refractivity contribution is 6.03. The van der Waals surface area contributed by atoms with Gasteiger partial charge in [-0.3, -0.25) is 9.59 Å². The predicted molar refractivity (Wildman–Crippen MR) is 213 cm³/mol. The summed E-state index contributed by atoms with van der Waals surface area (Å²) < 4.78 is 102. The number of aryl methyl sites for hydroxylation is 2. The molecule has 2 amide bonds. The number of hydrogen-bond acceptors (Lipinski definition) is 12. The second-order valence-electron chi connectivity index (χ2n) is 15.9. The van der Waals surface area contributed by atoms with Gasteiger partial charge in [0.2, 0.25) is 11.8 Å². The van der Waals surface area contributed by atoms with Gasteiger partial charge in [-0.25, -0.2) is 46.3 Å². The maximum Gasteiger partial charge on any atom is 0.246 e. The molecule has 0 bridgehead atoms. The van der Waals surface area contributed by atoms with Crippen LogP contribution in [0.15, 0.2) is 24.3 Å². The normalized spacial score (nSPS) is 23.0. The quantitative estimate of drug-likeness (QED) is 0.142. The molecule has 2 N–H and O–H groups in total. The fourth-order valence-electron chi connectivity index (χ4n) is 7.59. The number of rotatable bonds is 10. The standard InChI is InChI=1S/2C21H23F3N4O3/c2*1-10-19-20(28(3)11(2)21(29)27-19)26-17(25-10)5-12-4-14(30-8-12)9-31-13-6-15(22)18(24)16(23)7-13/h2*6-7,11-12,14H,4-5,8-9H2,1-3H3,(H,27,29)/t11-,12+,14+;11-,12-,14-/m00/s1. The van der Waals surface area contributed by atoms with Crippen LogP contribution in [0.4, 0.5) is 49.4 Å². The number of halogens is 6. The number of carbonyl (C=O) groups excluding carboxylic acids is 2. The Labute approximate surface area is 353 Å². The average Bonchev–Trinajstić information content (AvgIpc) is 3.88. The lowest BCUT2D eigenvalue weighted by molar-refractivity contribution is -0.118. The number of ether oxygens (including phenoxy) is 4. The molecule has 6 atom stereocenters. The third-order valence-electron chi connectivity index (χ3n) is 11.4. The van der Waals surface area contributed by atoms with E-state index in [1.165, 1.54) is 0 Å². The van der Waals surface area contributed by atoms with Crippen LogP contribution in [0.25, 0.3) is 0 Å². The highest BCUT2D eigenvalue weighted by atomic mass is 19.2. The van der Waals surface area contributed by atoms with Gasteiger partial charge in [0.25, 0.3) is 0 Å². The summed E-state index contributed by atoms with van der Waals surface area (Å²) in [5, 5.41) is 5.71. The molecule has 62 heavy (non-hydrogen) atoms. The Morgan fingerprint density at radius 3 is 1.34 bits per heavy atom. The lowest BCUT2D eigenvalue weighted by Gasteiger charge is -2.32. The van der Waals surface area contributed by atoms with Crippen molar-refractivity contribution in [3.05, 3.63) is 82.2 Å². The smallest absolute Gasteiger partial charge is 0.246 e. The highest BCUT2D eigenvalue weighted by Crippen LogP contribution is 2.34. The number of nitrogens with one attached hydrogen (secondary N) is 2. The molecule has 4 aromatic rings. The minimum absolute atomic E-state index is 0.0868. The second kappa shape index (κ2) is 18.3. The van der Waals surface area contributed by atoms with E-state index in [1.807, 2.05) is 51.6 Å². The van der Waals surface area contributed by atoms with Crippen LogP contribution in [0.3, 0.4) is 0 Å². The van der Waals surface area contributed by atoms with Gasteiger partial charge in [-0.15, -0.1) is 0 Å². The molecule has 0 aliphatic carbocycles. The molecule has 14 nitrogen and oxygen atoms in total. The Balaban J connectivity index is 0.000000186. The molecule has 4 aliphatic heterocycles. The molecule has 2 saturated heterocycles. The molecule has 8 rings (SSSR count). The minimum atomic E-state index is -1.52. The number of anilines is 4. The zero-order valence-electron chi connectivity index (χ0n) is 34.8. The molecule has 20 heteroatoms. The van der Waals surface area contributed by atoms with Gasteiger partial charge in [-0.2, -0.15) is 0 Å². The fourth-order valence-corrected chi connectivity index (χ4v) is 7.59. The predicted octanol–water partition coefficient (Wildman–Crippen LogP) is 6.01. The molecule has 2 aromatic heterocycles. The van der Waals surface area contributed by atoms with E-state index in [0.717, 1.165) is 24.3 Å². The summed E-state index contributed by atoms with van der Waals surface area (Å²) in [5.41, 5.74) is 2.65. The number of nitrogens with zero attached hydrogens (tertiary/aromatic N) is 6. The Morgan fingerprint density at radius 2 is 0.984 bits per heavy atom. The van der Waals surface area contributed by atoms with E-state index < -0.39 is 34.9 Å². The summed E-state index contributed by atoms with van der Waals surface area (Å²) in [5.74, 6) is -5.61. The molecule has 0 spiro atoms. The van der Waals surface area contributed by atoms with Gasteiger partial charge in [0.1, 0.15) is 59.8 Å². The van der Waals surface area contributed by atoms with Crippen molar-refractivity contribution in [3.8, 4) is 11.5 Å². The number of hydrogen-bond donors (Lipinski definition) is 2. The van der Waals surface area contributed by atoms with Crippen molar-refractivity contribution < 1.29 is 54.9 Å². The van der Waals surface area contributed by atoms with Gasteiger partial charge in [0.05, 0.1) is 36.8 Å². The van der Waals surface area contributed by atoms with Crippen molar-refractivity contribution in [2.24, 2.45) is 11.8 Å². The highest BCUT2D eigenvalue weighted by Gasteiger charge is 2.34. The van der Waals surface area contributed by atoms with Crippen LogP contribution in [-0.4, -0.2) is 96.6 Å². The van der Waals surface area contributed by atoms with Crippen molar-refractivity contribution in [1.29, 1.82) is 0 Å². The summed E-state index contributed by atoms with van der Waals surface area (Å²) in [6.07, 6.45) is 1.97. The van der Waals surface area contributed by atoms with Crippen molar-refractivity contribution in [3.63, 3.8) is 0 Å². The first-order valence-electron chi connectivity index (χ1n) is 20.1. The number of fused-ring (bicyclic) bond motifs is 2. The number of carbonyl (C=O) groups is 2. The van der Waals surface area contributed by atoms with Crippen LogP contribution < -0.4 is 29.9 Å². The first-order chi connectivity index (χ1) is 29.4. The van der Waals surface area contributed by atoms with E-state index in [1.54, 1.807) is 0 Å². The first-order valence-corrected chi connectivity index (χ1v) is 20.1. The third kappa shape index (κ3) is 9.65. The second-order valence-corrected chi connectivity index (χ2v) is 15.9. The van der Waals surface area contributed by atoms with Crippen LogP contribution in [0.2, 0.25) is 0 Å². The Hall–Kier alpha value is -5.76. The number of benzene rings is 2. The van der Waals surface area contributed by atoms with E-state index in [-0.39, 0.29) is 72.7 Å². The van der Waals surface area contributed by atoms with Crippen molar-refractivity contribution in [1.82, 2.24) is 19.9 Å². The van der Waals surface area contributed by atoms with Crippen LogP contribution in [0, 0.1) is 60.6 Å². The lowest BCUT2D eigenvalue weighted by Crippen LogP contribution is -2.45. The van der Waals surface area contributed by atoms with E-state index in [0.29, 0.717) is 84.9 Å². The molecule has 0 unspecified atom stereocenters. The van der Waals surface area contributed by atoms with Crippen LogP contribution in [0.1, 0.15) is 49.7 Å². The van der Waals surface area contributed by atoms with E-state index in [9.17, 15) is 35.9 Å². The lowest BCUT2D eigenvalue weighted by atomic mass is 10.0. The van der Waals surface area contributed by atoms with E-state index in [4.69, 9.17) is 18.9 Å². The molecule has 4 aliphatic rings. The Kier molecular flexibility index (Phi) is 13.1. The van der Waals surface area contributed by atoms with Gasteiger partial charge >= 0.3 is 0 Å². The zero-order chi connectivity index (χ0) is 44.6. The molecule has 2 aromatic carbocycles. The minimum Gasteiger partial charge on any atom is -0.491 e. The summed E-state index contributed by atoms with van der Waals surface area (Å²) in [7, 11) is 3.65. The third-order valence-corrected chi connectivity index (χ3v) is 11.4. The van der Waals surface area contributed by atoms with Crippen LogP contribution in [0.5, 0.6) is 11.5 Å². The monoisotopic (exact) mass is 872 g/mol. The average molecular weight is 873 g/mol. The van der Waals surface area contributed by atoms with Crippen molar-refractivity contribution in [2.75, 3.05) is 61.0 Å². The van der Waals surface area contributed by atoms with Crippen LogP contribution >= 0.6 is 0 Å². The summed E-state index contributed by atoms with van der Waals surface area (Å²) in [4.78, 5) is 46.1. The summed E-state index contributed by atoms with van der Waals surface area (Å²) >= 11 is 0.